The monoisotopic (exact) mass is 258 g/mol. The van der Waals surface area contributed by atoms with Gasteiger partial charge in [-0.3, -0.25) is 0 Å². The van der Waals surface area contributed by atoms with E-state index in [1.165, 1.54) is 0 Å². The molecule has 3 heteroatoms. The zero-order chi connectivity index (χ0) is 13.8. The third kappa shape index (κ3) is 2.87. The number of halogens is 1. The number of nitrogens with one attached hydrogen (secondary N) is 1. The maximum absolute atomic E-state index is 14.1. The number of para-hydroxylation sites is 1. The van der Waals surface area contributed by atoms with E-state index in [0.29, 0.717) is 12.2 Å². The van der Waals surface area contributed by atoms with Crippen molar-refractivity contribution >= 4 is 17.1 Å². The zero-order valence-electron chi connectivity index (χ0n) is 11.6. The molecule has 0 amide bonds. The fourth-order valence-corrected chi connectivity index (χ4v) is 2.09. The molecule has 0 atom stereocenters. The lowest BCUT2D eigenvalue weighted by atomic mass is 10.1. The van der Waals surface area contributed by atoms with Crippen LogP contribution in [0.2, 0.25) is 0 Å². The standard InChI is InChI=1S/C16H19FN2/c1-4-19(17)16-13(3)11-10-12(2)15(16)18-14-8-6-5-7-9-14/h5-11,18H,4H2,1-3H3. The van der Waals surface area contributed by atoms with Gasteiger partial charge in [0.1, 0.15) is 0 Å². The summed E-state index contributed by atoms with van der Waals surface area (Å²) in [7, 11) is 0. The summed E-state index contributed by atoms with van der Waals surface area (Å²) in [4.78, 5) is 0. The molecule has 2 aromatic carbocycles. The highest BCUT2D eigenvalue weighted by molar-refractivity contribution is 5.80. The van der Waals surface area contributed by atoms with E-state index in [0.717, 1.165) is 27.6 Å². The molecule has 19 heavy (non-hydrogen) atoms. The van der Waals surface area contributed by atoms with Crippen LogP contribution in [-0.4, -0.2) is 6.54 Å². The molecule has 0 bridgehead atoms. The van der Waals surface area contributed by atoms with Crippen molar-refractivity contribution in [2.45, 2.75) is 20.8 Å². The molecule has 1 N–H and O–H groups in total. The number of rotatable bonds is 4. The van der Waals surface area contributed by atoms with Crippen LogP contribution in [0.15, 0.2) is 42.5 Å². The zero-order valence-corrected chi connectivity index (χ0v) is 11.6. The van der Waals surface area contributed by atoms with Crippen LogP contribution in [0.25, 0.3) is 0 Å². The van der Waals surface area contributed by atoms with Crippen LogP contribution in [0.3, 0.4) is 0 Å². The molecule has 0 radical (unpaired) electrons. The van der Waals surface area contributed by atoms with Gasteiger partial charge in [0.2, 0.25) is 0 Å². The van der Waals surface area contributed by atoms with Crippen LogP contribution < -0.4 is 10.4 Å². The highest BCUT2D eigenvalue weighted by Crippen LogP contribution is 2.35. The van der Waals surface area contributed by atoms with Gasteiger partial charge >= 0.3 is 0 Å². The van der Waals surface area contributed by atoms with Crippen molar-refractivity contribution in [3.63, 3.8) is 0 Å². The lowest BCUT2D eigenvalue weighted by molar-refractivity contribution is 0.444. The predicted molar refractivity (Wildman–Crippen MR) is 79.8 cm³/mol. The van der Waals surface area contributed by atoms with Crippen molar-refractivity contribution in [2.24, 2.45) is 0 Å². The maximum Gasteiger partial charge on any atom is 0.0954 e. The molecule has 2 rings (SSSR count). The number of benzene rings is 2. The molecule has 0 spiro atoms. The number of hydrogen-bond donors (Lipinski definition) is 1. The van der Waals surface area contributed by atoms with E-state index >= 15 is 0 Å². The van der Waals surface area contributed by atoms with Gasteiger partial charge in [-0.05, 0) is 44.0 Å². The lowest BCUT2D eigenvalue weighted by Gasteiger charge is -2.21. The van der Waals surface area contributed by atoms with E-state index in [1.807, 2.05) is 56.3 Å². The minimum Gasteiger partial charge on any atom is -0.354 e. The Morgan fingerprint density at radius 1 is 1.00 bits per heavy atom. The molecular formula is C16H19FN2. The van der Waals surface area contributed by atoms with Gasteiger partial charge in [0, 0.05) is 12.2 Å². The fraction of sp³-hybridized carbons (Fsp3) is 0.250. The Kier molecular flexibility index (Phi) is 4.05. The highest BCUT2D eigenvalue weighted by atomic mass is 19.2. The molecular weight excluding hydrogens is 239 g/mol. The number of anilines is 3. The Balaban J connectivity index is 2.46. The van der Waals surface area contributed by atoms with Crippen LogP contribution in [-0.2, 0) is 0 Å². The van der Waals surface area contributed by atoms with Gasteiger partial charge in [-0.2, -0.15) is 0 Å². The summed E-state index contributed by atoms with van der Waals surface area (Å²) < 4.78 is 14.1. The first-order valence-corrected chi connectivity index (χ1v) is 6.49. The highest BCUT2D eigenvalue weighted by Gasteiger charge is 2.14. The van der Waals surface area contributed by atoms with Crippen molar-refractivity contribution in [1.82, 2.24) is 0 Å². The Bertz CT molecular complexity index is 552. The Morgan fingerprint density at radius 3 is 2.26 bits per heavy atom. The average Bonchev–Trinajstić information content (AvgIpc) is 2.43. The van der Waals surface area contributed by atoms with Gasteiger partial charge in [0.15, 0.2) is 0 Å². The average molecular weight is 258 g/mol. The summed E-state index contributed by atoms with van der Waals surface area (Å²) in [6.07, 6.45) is 0. The fourth-order valence-electron chi connectivity index (χ4n) is 2.09. The van der Waals surface area contributed by atoms with E-state index in [2.05, 4.69) is 5.32 Å². The van der Waals surface area contributed by atoms with Crippen molar-refractivity contribution < 1.29 is 4.48 Å². The summed E-state index contributed by atoms with van der Waals surface area (Å²) in [5.74, 6) is 0. The van der Waals surface area contributed by atoms with Gasteiger partial charge in [0.25, 0.3) is 0 Å². The van der Waals surface area contributed by atoms with E-state index in [-0.39, 0.29) is 0 Å². The van der Waals surface area contributed by atoms with E-state index in [4.69, 9.17) is 0 Å². The third-order valence-corrected chi connectivity index (χ3v) is 3.15. The molecule has 0 aliphatic carbocycles. The molecule has 0 aliphatic heterocycles. The number of nitrogens with zero attached hydrogens (tertiary/aromatic N) is 1. The second kappa shape index (κ2) is 5.74. The lowest BCUT2D eigenvalue weighted by Crippen LogP contribution is -2.14. The van der Waals surface area contributed by atoms with Crippen molar-refractivity contribution in [3.05, 3.63) is 53.6 Å². The quantitative estimate of drug-likeness (QED) is 0.795. The van der Waals surface area contributed by atoms with Crippen LogP contribution in [0.1, 0.15) is 18.1 Å². The first-order chi connectivity index (χ1) is 9.13. The summed E-state index contributed by atoms with van der Waals surface area (Å²) in [6.45, 7) is 6.03. The second-order valence-electron chi connectivity index (χ2n) is 4.59. The molecule has 100 valence electrons. The maximum atomic E-state index is 14.1. The molecule has 2 nitrogen and oxygen atoms in total. The van der Waals surface area contributed by atoms with Crippen LogP contribution in [0.5, 0.6) is 0 Å². The van der Waals surface area contributed by atoms with Crippen molar-refractivity contribution in [3.8, 4) is 0 Å². The third-order valence-electron chi connectivity index (χ3n) is 3.15. The van der Waals surface area contributed by atoms with Crippen molar-refractivity contribution in [1.29, 1.82) is 0 Å². The minimum absolute atomic E-state index is 0.327. The SMILES string of the molecule is CCN(F)c1c(C)ccc(C)c1Nc1ccccc1. The smallest absolute Gasteiger partial charge is 0.0954 e. The van der Waals surface area contributed by atoms with E-state index in [9.17, 15) is 4.48 Å². The molecule has 0 saturated heterocycles. The molecule has 0 unspecified atom stereocenters. The van der Waals surface area contributed by atoms with Gasteiger partial charge in [-0.1, -0.05) is 34.8 Å². The Hall–Kier alpha value is -2.03. The predicted octanol–water partition coefficient (Wildman–Crippen LogP) is 4.76. The number of aryl methyl sites for hydroxylation is 2. The largest absolute Gasteiger partial charge is 0.354 e. The molecule has 0 saturated carbocycles. The topological polar surface area (TPSA) is 15.3 Å². The summed E-state index contributed by atoms with van der Waals surface area (Å²) in [5.41, 5.74) is 4.36. The van der Waals surface area contributed by atoms with E-state index < -0.39 is 0 Å². The molecule has 2 aromatic rings. The summed E-state index contributed by atoms with van der Waals surface area (Å²) in [6, 6.07) is 13.8. The first kappa shape index (κ1) is 13.4. The van der Waals surface area contributed by atoms with Gasteiger partial charge in [0.05, 0.1) is 11.4 Å². The van der Waals surface area contributed by atoms with E-state index in [1.54, 1.807) is 6.92 Å². The molecule has 0 fully saturated rings. The van der Waals surface area contributed by atoms with Gasteiger partial charge < -0.3 is 5.32 Å². The first-order valence-electron chi connectivity index (χ1n) is 6.49. The molecule has 0 aromatic heterocycles. The van der Waals surface area contributed by atoms with Gasteiger partial charge in [-0.15, -0.1) is 0 Å². The number of hydrogen-bond acceptors (Lipinski definition) is 2. The normalized spacial score (nSPS) is 10.3. The van der Waals surface area contributed by atoms with Crippen molar-refractivity contribution in [2.75, 3.05) is 17.0 Å². The Morgan fingerprint density at radius 2 is 1.63 bits per heavy atom. The summed E-state index contributed by atoms with van der Waals surface area (Å²) in [5, 5.41) is 4.10. The van der Waals surface area contributed by atoms with Crippen LogP contribution in [0, 0.1) is 13.8 Å². The Labute approximate surface area is 113 Å². The second-order valence-corrected chi connectivity index (χ2v) is 4.59. The summed E-state index contributed by atoms with van der Waals surface area (Å²) >= 11 is 0. The minimum atomic E-state index is 0.327. The molecule has 0 aliphatic rings. The van der Waals surface area contributed by atoms with Gasteiger partial charge in [-0.25, -0.2) is 5.12 Å². The van der Waals surface area contributed by atoms with Crippen LogP contribution >= 0.6 is 0 Å². The molecule has 0 heterocycles. The van der Waals surface area contributed by atoms with Crippen LogP contribution in [0.4, 0.5) is 21.5 Å².